The highest BCUT2D eigenvalue weighted by molar-refractivity contribution is 5.94. The zero-order chi connectivity index (χ0) is 18.4. The minimum Gasteiger partial charge on any atom is -0.508 e. The molecule has 0 aromatic heterocycles. The number of phenols is 1. The quantitative estimate of drug-likeness (QED) is 0.913. The molecule has 6 nitrogen and oxygen atoms in total. The van der Waals surface area contributed by atoms with E-state index in [4.69, 9.17) is 4.74 Å². The van der Waals surface area contributed by atoms with E-state index in [-0.39, 0.29) is 24.2 Å². The van der Waals surface area contributed by atoms with Gasteiger partial charge in [0.05, 0.1) is 0 Å². The van der Waals surface area contributed by atoms with Crippen LogP contribution in [0.15, 0.2) is 54.6 Å². The van der Waals surface area contributed by atoms with Crippen molar-refractivity contribution in [2.75, 3.05) is 32.8 Å². The van der Waals surface area contributed by atoms with Crippen molar-refractivity contribution >= 4 is 11.8 Å². The molecule has 1 aliphatic rings. The number of aromatic hydroxyl groups is 1. The summed E-state index contributed by atoms with van der Waals surface area (Å²) >= 11 is 0. The van der Waals surface area contributed by atoms with Gasteiger partial charge in [-0.1, -0.05) is 24.3 Å². The van der Waals surface area contributed by atoms with Gasteiger partial charge in [-0.2, -0.15) is 0 Å². The number of phenolic OH excluding ortho intramolecular Hbond substituents is 1. The third kappa shape index (κ3) is 4.53. The largest absolute Gasteiger partial charge is 0.508 e. The molecule has 26 heavy (non-hydrogen) atoms. The lowest BCUT2D eigenvalue weighted by atomic mass is 10.2. The molecule has 6 heteroatoms. The van der Waals surface area contributed by atoms with Crippen LogP contribution in [0.3, 0.4) is 0 Å². The molecule has 1 aliphatic heterocycles. The van der Waals surface area contributed by atoms with Crippen LogP contribution in [0.5, 0.6) is 11.5 Å². The molecule has 1 N–H and O–H groups in total. The SMILES string of the molecule is O=C(COc1ccccc1)N1CCCN(C(=O)c2cccc(O)c2)CC1. The summed E-state index contributed by atoms with van der Waals surface area (Å²) in [5.74, 6) is 0.521. The highest BCUT2D eigenvalue weighted by Crippen LogP contribution is 2.15. The topological polar surface area (TPSA) is 70.1 Å². The maximum atomic E-state index is 12.6. The van der Waals surface area contributed by atoms with Crippen LogP contribution in [0.1, 0.15) is 16.8 Å². The number of carbonyl (C=O) groups excluding carboxylic acids is 2. The summed E-state index contributed by atoms with van der Waals surface area (Å²) in [5.41, 5.74) is 0.456. The highest BCUT2D eigenvalue weighted by atomic mass is 16.5. The molecule has 1 fully saturated rings. The van der Waals surface area contributed by atoms with Gasteiger partial charge in [0.15, 0.2) is 6.61 Å². The van der Waals surface area contributed by atoms with Gasteiger partial charge in [-0.3, -0.25) is 9.59 Å². The van der Waals surface area contributed by atoms with E-state index in [1.165, 1.54) is 12.1 Å². The van der Waals surface area contributed by atoms with E-state index in [1.54, 1.807) is 21.9 Å². The van der Waals surface area contributed by atoms with E-state index in [0.29, 0.717) is 43.9 Å². The average molecular weight is 354 g/mol. The van der Waals surface area contributed by atoms with Crippen molar-refractivity contribution in [3.05, 3.63) is 60.2 Å². The fourth-order valence-corrected chi connectivity index (χ4v) is 2.94. The van der Waals surface area contributed by atoms with Crippen molar-refractivity contribution in [2.45, 2.75) is 6.42 Å². The fourth-order valence-electron chi connectivity index (χ4n) is 2.94. The zero-order valence-corrected chi connectivity index (χ0v) is 14.5. The molecule has 0 spiro atoms. The van der Waals surface area contributed by atoms with Crippen molar-refractivity contribution in [3.63, 3.8) is 0 Å². The number of ether oxygens (including phenoxy) is 1. The Morgan fingerprint density at radius 1 is 0.923 bits per heavy atom. The first-order chi connectivity index (χ1) is 12.6. The van der Waals surface area contributed by atoms with Crippen molar-refractivity contribution < 1.29 is 19.4 Å². The smallest absolute Gasteiger partial charge is 0.260 e. The molecule has 0 aliphatic carbocycles. The molecule has 0 atom stereocenters. The van der Waals surface area contributed by atoms with Crippen LogP contribution < -0.4 is 4.74 Å². The number of hydrogen-bond donors (Lipinski definition) is 1. The maximum Gasteiger partial charge on any atom is 0.260 e. The van der Waals surface area contributed by atoms with Gasteiger partial charge in [-0.15, -0.1) is 0 Å². The second kappa shape index (κ2) is 8.38. The van der Waals surface area contributed by atoms with Crippen LogP contribution in [0.4, 0.5) is 0 Å². The summed E-state index contributed by atoms with van der Waals surface area (Å²) < 4.78 is 5.52. The number of nitrogens with zero attached hydrogens (tertiary/aromatic N) is 2. The Morgan fingerprint density at radius 2 is 1.65 bits per heavy atom. The molecule has 1 heterocycles. The Morgan fingerprint density at radius 3 is 2.42 bits per heavy atom. The molecule has 136 valence electrons. The molecule has 0 saturated carbocycles. The van der Waals surface area contributed by atoms with Gasteiger partial charge >= 0.3 is 0 Å². The van der Waals surface area contributed by atoms with E-state index in [0.717, 1.165) is 0 Å². The fraction of sp³-hybridized carbons (Fsp3) is 0.300. The first-order valence-corrected chi connectivity index (χ1v) is 8.67. The highest BCUT2D eigenvalue weighted by Gasteiger charge is 2.23. The van der Waals surface area contributed by atoms with Crippen molar-refractivity contribution in [3.8, 4) is 11.5 Å². The van der Waals surface area contributed by atoms with Gasteiger partial charge < -0.3 is 19.6 Å². The molecule has 0 unspecified atom stereocenters. The molecule has 3 rings (SSSR count). The summed E-state index contributed by atoms with van der Waals surface area (Å²) in [7, 11) is 0. The van der Waals surface area contributed by atoms with Crippen molar-refractivity contribution in [2.24, 2.45) is 0 Å². The minimum atomic E-state index is -0.129. The Hall–Kier alpha value is -3.02. The average Bonchev–Trinajstić information content (AvgIpc) is 2.92. The molecule has 1 saturated heterocycles. The maximum absolute atomic E-state index is 12.6. The summed E-state index contributed by atoms with van der Waals surface area (Å²) in [5, 5.41) is 9.55. The molecular weight excluding hydrogens is 332 g/mol. The van der Waals surface area contributed by atoms with Crippen LogP contribution in [-0.4, -0.2) is 59.5 Å². The van der Waals surface area contributed by atoms with Crippen LogP contribution in [0.2, 0.25) is 0 Å². The predicted molar refractivity (Wildman–Crippen MR) is 97.1 cm³/mol. The molecule has 2 aromatic carbocycles. The summed E-state index contributed by atoms with van der Waals surface area (Å²) in [6.07, 6.45) is 0.710. The molecular formula is C20H22N2O4. The van der Waals surface area contributed by atoms with Crippen LogP contribution in [-0.2, 0) is 4.79 Å². The molecule has 2 amide bonds. The van der Waals surface area contributed by atoms with Gasteiger partial charge in [0, 0.05) is 31.7 Å². The lowest BCUT2D eigenvalue weighted by molar-refractivity contribution is -0.133. The van der Waals surface area contributed by atoms with Crippen LogP contribution in [0, 0.1) is 0 Å². The first kappa shape index (κ1) is 17.8. The monoisotopic (exact) mass is 354 g/mol. The van der Waals surface area contributed by atoms with Crippen molar-refractivity contribution in [1.82, 2.24) is 9.80 Å². The minimum absolute atomic E-state index is 0.00941. The van der Waals surface area contributed by atoms with Gasteiger partial charge in [0.1, 0.15) is 11.5 Å². The molecule has 0 bridgehead atoms. The Bertz CT molecular complexity index is 763. The standard InChI is InChI=1S/C20H22N2O4/c23-17-7-4-6-16(14-17)20(25)22-11-5-10-21(12-13-22)19(24)15-26-18-8-2-1-3-9-18/h1-4,6-9,14,23H,5,10-13,15H2. The van der Waals surface area contributed by atoms with Crippen LogP contribution >= 0.6 is 0 Å². The lowest BCUT2D eigenvalue weighted by Crippen LogP contribution is -2.39. The van der Waals surface area contributed by atoms with Crippen molar-refractivity contribution in [1.29, 1.82) is 0 Å². The molecule has 2 aromatic rings. The Kier molecular flexibility index (Phi) is 5.73. The normalized spacial score (nSPS) is 14.6. The summed E-state index contributed by atoms with van der Waals surface area (Å²) in [4.78, 5) is 28.4. The number of benzene rings is 2. The Balaban J connectivity index is 1.54. The van der Waals surface area contributed by atoms with E-state index in [1.807, 2.05) is 30.3 Å². The number of amides is 2. The number of hydrogen-bond acceptors (Lipinski definition) is 4. The lowest BCUT2D eigenvalue weighted by Gasteiger charge is -2.22. The first-order valence-electron chi connectivity index (χ1n) is 8.67. The van der Waals surface area contributed by atoms with Gasteiger partial charge in [-0.25, -0.2) is 0 Å². The second-order valence-corrected chi connectivity index (χ2v) is 6.18. The molecule has 0 radical (unpaired) electrons. The van der Waals surface area contributed by atoms with E-state index >= 15 is 0 Å². The summed E-state index contributed by atoms with van der Waals surface area (Å²) in [6, 6.07) is 15.6. The van der Waals surface area contributed by atoms with E-state index in [9.17, 15) is 14.7 Å². The van der Waals surface area contributed by atoms with Gasteiger partial charge in [0.25, 0.3) is 11.8 Å². The number of rotatable bonds is 4. The summed E-state index contributed by atoms with van der Waals surface area (Å²) in [6.45, 7) is 2.11. The third-order valence-electron chi connectivity index (χ3n) is 4.33. The van der Waals surface area contributed by atoms with Gasteiger partial charge in [-0.05, 0) is 36.8 Å². The third-order valence-corrected chi connectivity index (χ3v) is 4.33. The van der Waals surface area contributed by atoms with Crippen LogP contribution in [0.25, 0.3) is 0 Å². The number of carbonyl (C=O) groups is 2. The zero-order valence-electron chi connectivity index (χ0n) is 14.5. The number of para-hydroxylation sites is 1. The predicted octanol–water partition coefficient (Wildman–Crippen LogP) is 2.15. The van der Waals surface area contributed by atoms with Gasteiger partial charge in [0.2, 0.25) is 0 Å². The van der Waals surface area contributed by atoms with E-state index < -0.39 is 0 Å². The Labute approximate surface area is 152 Å². The second-order valence-electron chi connectivity index (χ2n) is 6.18. The van der Waals surface area contributed by atoms with E-state index in [2.05, 4.69) is 0 Å².